The zero-order valence-corrected chi connectivity index (χ0v) is 13.1. The molecule has 104 valence electrons. The quantitative estimate of drug-likeness (QED) is 0.847. The van der Waals surface area contributed by atoms with E-state index in [0.717, 1.165) is 29.2 Å². The minimum atomic E-state index is 0.0830. The van der Waals surface area contributed by atoms with Gasteiger partial charge in [-0.3, -0.25) is 0 Å². The van der Waals surface area contributed by atoms with Crippen molar-refractivity contribution < 1.29 is 4.74 Å². The lowest BCUT2D eigenvalue weighted by atomic mass is 9.77. The molecule has 1 aromatic rings. The summed E-state index contributed by atoms with van der Waals surface area (Å²) in [6.07, 6.45) is 7.53. The zero-order valence-electron chi connectivity index (χ0n) is 11.5. The Morgan fingerprint density at radius 2 is 2.16 bits per heavy atom. The minimum Gasteiger partial charge on any atom is -0.486 e. The van der Waals surface area contributed by atoms with Gasteiger partial charge < -0.3 is 10.1 Å². The van der Waals surface area contributed by atoms with Gasteiger partial charge in [0.15, 0.2) is 0 Å². The lowest BCUT2D eigenvalue weighted by Crippen LogP contribution is -2.45. The van der Waals surface area contributed by atoms with Crippen LogP contribution < -0.4 is 10.1 Å². The molecule has 0 aliphatic heterocycles. The van der Waals surface area contributed by atoms with Gasteiger partial charge in [0.2, 0.25) is 0 Å². The SMILES string of the molecule is Cc1ccc(OC2(CCNC3CC3)CCC2)c(Br)c1. The third-order valence-corrected chi connectivity index (χ3v) is 4.89. The Balaban J connectivity index is 1.60. The van der Waals surface area contributed by atoms with E-state index >= 15 is 0 Å². The van der Waals surface area contributed by atoms with Crippen LogP contribution in [0.15, 0.2) is 22.7 Å². The Kier molecular flexibility index (Phi) is 3.86. The minimum absolute atomic E-state index is 0.0830. The fraction of sp³-hybridized carbons (Fsp3) is 0.625. The number of aryl methyl sites for hydroxylation is 1. The molecule has 0 radical (unpaired) electrons. The molecule has 0 spiro atoms. The molecule has 2 aliphatic rings. The van der Waals surface area contributed by atoms with Gasteiger partial charge in [-0.05, 0) is 85.6 Å². The van der Waals surface area contributed by atoms with Crippen molar-refractivity contribution in [3.8, 4) is 5.75 Å². The molecule has 2 nitrogen and oxygen atoms in total. The second-order valence-corrected chi connectivity index (χ2v) is 6.91. The number of ether oxygens (including phenoxy) is 1. The van der Waals surface area contributed by atoms with Crippen molar-refractivity contribution in [3.05, 3.63) is 28.2 Å². The summed E-state index contributed by atoms with van der Waals surface area (Å²) < 4.78 is 7.42. The number of rotatable bonds is 6. The van der Waals surface area contributed by atoms with Gasteiger partial charge in [-0.1, -0.05) is 6.07 Å². The maximum Gasteiger partial charge on any atom is 0.134 e. The standard InChI is InChI=1S/C16H22BrNO/c1-12-3-6-15(14(17)11-12)19-16(7-2-8-16)9-10-18-13-4-5-13/h3,6,11,13,18H,2,4-5,7-10H2,1H3. The topological polar surface area (TPSA) is 21.3 Å². The second kappa shape index (κ2) is 5.45. The molecular weight excluding hydrogens is 302 g/mol. The van der Waals surface area contributed by atoms with Crippen LogP contribution in [0.5, 0.6) is 5.75 Å². The fourth-order valence-corrected chi connectivity index (χ4v) is 3.26. The second-order valence-electron chi connectivity index (χ2n) is 6.05. The maximum absolute atomic E-state index is 6.34. The summed E-state index contributed by atoms with van der Waals surface area (Å²) in [6, 6.07) is 7.13. The molecule has 0 aromatic heterocycles. The Morgan fingerprint density at radius 1 is 1.37 bits per heavy atom. The van der Waals surface area contributed by atoms with E-state index in [4.69, 9.17) is 4.74 Å². The van der Waals surface area contributed by atoms with Gasteiger partial charge >= 0.3 is 0 Å². The van der Waals surface area contributed by atoms with Crippen molar-refractivity contribution >= 4 is 15.9 Å². The average Bonchev–Trinajstić information content (AvgIpc) is 3.13. The number of hydrogen-bond acceptors (Lipinski definition) is 2. The molecule has 0 bridgehead atoms. The van der Waals surface area contributed by atoms with Crippen molar-refractivity contribution in [3.63, 3.8) is 0 Å². The summed E-state index contributed by atoms with van der Waals surface area (Å²) >= 11 is 3.61. The van der Waals surface area contributed by atoms with Crippen LogP contribution in [-0.4, -0.2) is 18.2 Å². The lowest BCUT2D eigenvalue weighted by molar-refractivity contribution is -0.0149. The highest BCUT2D eigenvalue weighted by Gasteiger charge is 2.39. The van der Waals surface area contributed by atoms with Gasteiger partial charge in [-0.25, -0.2) is 0 Å². The van der Waals surface area contributed by atoms with Crippen molar-refractivity contribution in [2.24, 2.45) is 0 Å². The van der Waals surface area contributed by atoms with E-state index in [1.54, 1.807) is 0 Å². The Morgan fingerprint density at radius 3 is 2.74 bits per heavy atom. The number of halogens is 1. The maximum atomic E-state index is 6.34. The monoisotopic (exact) mass is 323 g/mol. The van der Waals surface area contributed by atoms with E-state index in [2.05, 4.69) is 46.4 Å². The highest BCUT2D eigenvalue weighted by Crippen LogP contribution is 2.41. The lowest BCUT2D eigenvalue weighted by Gasteiger charge is -2.42. The summed E-state index contributed by atoms with van der Waals surface area (Å²) in [4.78, 5) is 0. The van der Waals surface area contributed by atoms with Crippen molar-refractivity contribution in [2.45, 2.75) is 57.1 Å². The van der Waals surface area contributed by atoms with E-state index in [9.17, 15) is 0 Å². The molecule has 3 heteroatoms. The Bertz CT molecular complexity index is 452. The Hall–Kier alpha value is -0.540. The van der Waals surface area contributed by atoms with Gasteiger partial charge in [-0.2, -0.15) is 0 Å². The normalized spacial score (nSPS) is 20.9. The van der Waals surface area contributed by atoms with Crippen LogP contribution in [0.3, 0.4) is 0 Å². The molecule has 2 fully saturated rings. The molecule has 3 rings (SSSR count). The van der Waals surface area contributed by atoms with Gasteiger partial charge in [0.1, 0.15) is 11.4 Å². The van der Waals surface area contributed by atoms with E-state index in [1.165, 1.54) is 37.7 Å². The number of hydrogen-bond donors (Lipinski definition) is 1. The van der Waals surface area contributed by atoms with Crippen LogP contribution in [-0.2, 0) is 0 Å². The first kappa shape index (κ1) is 13.4. The zero-order chi connectivity index (χ0) is 13.3. The molecule has 1 N–H and O–H groups in total. The molecule has 0 saturated heterocycles. The molecule has 0 amide bonds. The summed E-state index contributed by atoms with van der Waals surface area (Å²) in [5.41, 5.74) is 1.34. The summed E-state index contributed by atoms with van der Waals surface area (Å²) in [7, 11) is 0. The third-order valence-electron chi connectivity index (χ3n) is 4.27. The van der Waals surface area contributed by atoms with Crippen LogP contribution in [0.25, 0.3) is 0 Å². The first-order chi connectivity index (χ1) is 9.17. The van der Waals surface area contributed by atoms with Gasteiger partial charge in [0.05, 0.1) is 4.47 Å². The van der Waals surface area contributed by atoms with E-state index in [0.29, 0.717) is 0 Å². The van der Waals surface area contributed by atoms with Crippen LogP contribution in [0.1, 0.15) is 44.1 Å². The number of benzene rings is 1. The Labute approximate surface area is 124 Å². The van der Waals surface area contributed by atoms with Crippen LogP contribution in [0.2, 0.25) is 0 Å². The van der Waals surface area contributed by atoms with Crippen molar-refractivity contribution in [1.29, 1.82) is 0 Å². The van der Waals surface area contributed by atoms with Crippen LogP contribution in [0, 0.1) is 6.92 Å². The van der Waals surface area contributed by atoms with Crippen molar-refractivity contribution in [2.75, 3.05) is 6.54 Å². The molecule has 0 unspecified atom stereocenters. The third kappa shape index (κ3) is 3.32. The summed E-state index contributed by atoms with van der Waals surface area (Å²) in [6.45, 7) is 3.20. The van der Waals surface area contributed by atoms with Gasteiger partial charge in [-0.15, -0.1) is 0 Å². The number of nitrogens with one attached hydrogen (secondary N) is 1. The predicted molar refractivity (Wildman–Crippen MR) is 81.7 cm³/mol. The molecule has 0 heterocycles. The molecule has 2 saturated carbocycles. The van der Waals surface area contributed by atoms with Crippen LogP contribution >= 0.6 is 15.9 Å². The van der Waals surface area contributed by atoms with E-state index in [-0.39, 0.29) is 5.60 Å². The molecular formula is C16H22BrNO. The smallest absolute Gasteiger partial charge is 0.134 e. The molecule has 2 aliphatic carbocycles. The highest BCUT2D eigenvalue weighted by molar-refractivity contribution is 9.10. The van der Waals surface area contributed by atoms with E-state index in [1.807, 2.05) is 0 Å². The highest BCUT2D eigenvalue weighted by atomic mass is 79.9. The van der Waals surface area contributed by atoms with Gasteiger partial charge in [0.25, 0.3) is 0 Å². The predicted octanol–water partition coefficient (Wildman–Crippen LogP) is 4.20. The summed E-state index contributed by atoms with van der Waals surface area (Å²) in [5.74, 6) is 0.997. The van der Waals surface area contributed by atoms with Gasteiger partial charge in [0, 0.05) is 6.04 Å². The molecule has 19 heavy (non-hydrogen) atoms. The van der Waals surface area contributed by atoms with E-state index < -0.39 is 0 Å². The van der Waals surface area contributed by atoms with Crippen molar-refractivity contribution in [1.82, 2.24) is 5.32 Å². The average molecular weight is 324 g/mol. The van der Waals surface area contributed by atoms with Crippen LogP contribution in [0.4, 0.5) is 0 Å². The first-order valence-electron chi connectivity index (χ1n) is 7.35. The first-order valence-corrected chi connectivity index (χ1v) is 8.15. The molecule has 0 atom stereocenters. The summed E-state index contributed by atoms with van der Waals surface area (Å²) in [5, 5.41) is 3.60. The largest absolute Gasteiger partial charge is 0.486 e. The molecule has 1 aromatic carbocycles. The fourth-order valence-electron chi connectivity index (χ4n) is 2.69.